The highest BCUT2D eigenvalue weighted by molar-refractivity contribution is 5.51. The normalized spacial score (nSPS) is 10.1. The van der Waals surface area contributed by atoms with Crippen LogP contribution in [0.3, 0.4) is 0 Å². The van der Waals surface area contributed by atoms with Gasteiger partial charge in [0, 0.05) is 11.6 Å². The number of benzene rings is 2. The van der Waals surface area contributed by atoms with E-state index in [1.54, 1.807) is 20.3 Å². The van der Waals surface area contributed by atoms with Crippen LogP contribution in [-0.2, 0) is 4.79 Å². The lowest BCUT2D eigenvalue weighted by Gasteiger charge is -2.20. The molecule has 2 aromatic carbocycles. The van der Waals surface area contributed by atoms with Gasteiger partial charge in [-0.1, -0.05) is 18.2 Å². The van der Waals surface area contributed by atoms with Crippen LogP contribution in [0, 0.1) is 6.10 Å². The molecule has 115 valence electrons. The zero-order valence-electron chi connectivity index (χ0n) is 12.5. The number of carbonyl (C=O) groups is 1. The SMILES string of the molecule is COc1ccc([C](CNC=O)Oc2ccccc2)c(OC)c1. The Kier molecular flexibility index (Phi) is 5.65. The van der Waals surface area contributed by atoms with E-state index >= 15 is 0 Å². The quantitative estimate of drug-likeness (QED) is 0.761. The fraction of sp³-hybridized carbons (Fsp3) is 0.176. The fourth-order valence-corrected chi connectivity index (χ4v) is 1.98. The summed E-state index contributed by atoms with van der Waals surface area (Å²) in [6.45, 7) is 0.251. The molecule has 0 spiro atoms. The number of amides is 1. The van der Waals surface area contributed by atoms with E-state index in [1.165, 1.54) is 0 Å². The number of hydrogen-bond acceptors (Lipinski definition) is 4. The van der Waals surface area contributed by atoms with E-state index < -0.39 is 0 Å². The van der Waals surface area contributed by atoms with E-state index in [2.05, 4.69) is 5.32 Å². The number of nitrogens with one attached hydrogen (secondary N) is 1. The Hall–Kier alpha value is -2.69. The molecule has 0 unspecified atom stereocenters. The van der Waals surface area contributed by atoms with Crippen LogP contribution in [0.15, 0.2) is 48.5 Å². The smallest absolute Gasteiger partial charge is 0.207 e. The molecule has 0 atom stereocenters. The Labute approximate surface area is 129 Å². The van der Waals surface area contributed by atoms with E-state index in [1.807, 2.05) is 42.5 Å². The van der Waals surface area contributed by atoms with Crippen LogP contribution in [0.5, 0.6) is 17.2 Å². The molecule has 1 N–H and O–H groups in total. The highest BCUT2D eigenvalue weighted by atomic mass is 16.5. The second kappa shape index (κ2) is 7.93. The monoisotopic (exact) mass is 300 g/mol. The molecule has 2 aromatic rings. The predicted octanol–water partition coefficient (Wildman–Crippen LogP) is 2.41. The van der Waals surface area contributed by atoms with Crippen LogP contribution < -0.4 is 19.5 Å². The number of rotatable bonds is 8. The summed E-state index contributed by atoms with van der Waals surface area (Å²) >= 11 is 0. The average Bonchev–Trinajstić information content (AvgIpc) is 2.59. The third-order valence-electron chi connectivity index (χ3n) is 3.04. The van der Waals surface area contributed by atoms with E-state index in [0.29, 0.717) is 29.8 Å². The van der Waals surface area contributed by atoms with Gasteiger partial charge in [0.15, 0.2) is 0 Å². The maximum absolute atomic E-state index is 10.6. The lowest BCUT2D eigenvalue weighted by molar-refractivity contribution is -0.109. The Morgan fingerprint density at radius 3 is 2.45 bits per heavy atom. The molecule has 0 aromatic heterocycles. The Balaban J connectivity index is 2.30. The number of carbonyl (C=O) groups excluding carboxylic acids is 1. The maximum atomic E-state index is 10.6. The van der Waals surface area contributed by atoms with Gasteiger partial charge in [-0.15, -0.1) is 0 Å². The van der Waals surface area contributed by atoms with Gasteiger partial charge in [-0.2, -0.15) is 0 Å². The van der Waals surface area contributed by atoms with Crippen molar-refractivity contribution < 1.29 is 19.0 Å². The van der Waals surface area contributed by atoms with Crippen molar-refractivity contribution in [2.45, 2.75) is 0 Å². The lowest BCUT2D eigenvalue weighted by Crippen LogP contribution is -2.25. The molecule has 0 aliphatic rings. The minimum absolute atomic E-state index is 0.251. The molecule has 22 heavy (non-hydrogen) atoms. The van der Waals surface area contributed by atoms with Gasteiger partial charge in [-0.25, -0.2) is 0 Å². The van der Waals surface area contributed by atoms with Gasteiger partial charge in [0.25, 0.3) is 0 Å². The van der Waals surface area contributed by atoms with Crippen molar-refractivity contribution in [2.75, 3.05) is 20.8 Å². The molecule has 0 heterocycles. The second-order valence-electron chi connectivity index (χ2n) is 4.40. The Morgan fingerprint density at radius 1 is 1.05 bits per heavy atom. The average molecular weight is 300 g/mol. The molecule has 0 saturated carbocycles. The van der Waals surface area contributed by atoms with E-state index in [9.17, 15) is 4.79 Å². The van der Waals surface area contributed by atoms with Crippen molar-refractivity contribution in [1.29, 1.82) is 0 Å². The molecule has 0 aliphatic heterocycles. The third kappa shape index (κ3) is 3.91. The first-order valence-corrected chi connectivity index (χ1v) is 6.76. The Bertz CT molecular complexity index is 601. The van der Waals surface area contributed by atoms with E-state index in [-0.39, 0.29) is 6.54 Å². The van der Waals surface area contributed by atoms with Crippen molar-refractivity contribution >= 4 is 6.41 Å². The fourth-order valence-electron chi connectivity index (χ4n) is 1.98. The van der Waals surface area contributed by atoms with Gasteiger partial charge < -0.3 is 19.5 Å². The number of para-hydroxylation sites is 1. The summed E-state index contributed by atoms with van der Waals surface area (Å²) in [4.78, 5) is 10.6. The summed E-state index contributed by atoms with van der Waals surface area (Å²) in [5.74, 6) is 1.98. The topological polar surface area (TPSA) is 56.8 Å². The zero-order valence-corrected chi connectivity index (χ0v) is 12.5. The summed E-state index contributed by atoms with van der Waals surface area (Å²) in [5, 5.41) is 2.62. The summed E-state index contributed by atoms with van der Waals surface area (Å²) in [7, 11) is 3.17. The van der Waals surface area contributed by atoms with Gasteiger partial charge in [-0.3, -0.25) is 4.79 Å². The standard InChI is InChI=1S/C17H18NO4/c1-20-14-8-9-15(16(10-14)21-2)17(11-18-12-19)22-13-6-4-3-5-7-13/h3-10,12H,11H2,1-2H3,(H,18,19). The molecule has 2 rings (SSSR count). The number of hydrogen-bond donors (Lipinski definition) is 1. The summed E-state index contributed by atoms with van der Waals surface area (Å²) in [6.07, 6.45) is 1.21. The zero-order chi connectivity index (χ0) is 15.8. The maximum Gasteiger partial charge on any atom is 0.207 e. The minimum atomic E-state index is 0.251. The van der Waals surface area contributed by atoms with Crippen LogP contribution in [0.25, 0.3) is 0 Å². The largest absolute Gasteiger partial charge is 0.497 e. The molecular weight excluding hydrogens is 282 g/mol. The highest BCUT2D eigenvalue weighted by Crippen LogP contribution is 2.31. The number of ether oxygens (including phenoxy) is 3. The molecule has 5 nitrogen and oxygen atoms in total. The predicted molar refractivity (Wildman–Crippen MR) is 83.0 cm³/mol. The van der Waals surface area contributed by atoms with Gasteiger partial charge in [0.2, 0.25) is 12.5 Å². The van der Waals surface area contributed by atoms with E-state index in [0.717, 1.165) is 5.56 Å². The van der Waals surface area contributed by atoms with Crippen LogP contribution in [0.2, 0.25) is 0 Å². The van der Waals surface area contributed by atoms with Crippen LogP contribution in [0.1, 0.15) is 5.56 Å². The Morgan fingerprint density at radius 2 is 1.82 bits per heavy atom. The molecule has 0 fully saturated rings. The van der Waals surface area contributed by atoms with Crippen molar-refractivity contribution in [3.63, 3.8) is 0 Å². The molecule has 0 bridgehead atoms. The first kappa shape index (κ1) is 15.7. The second-order valence-corrected chi connectivity index (χ2v) is 4.40. The third-order valence-corrected chi connectivity index (χ3v) is 3.04. The highest BCUT2D eigenvalue weighted by Gasteiger charge is 2.20. The van der Waals surface area contributed by atoms with Crippen molar-refractivity contribution in [1.82, 2.24) is 5.32 Å². The number of methoxy groups -OCH3 is 2. The first-order chi connectivity index (χ1) is 10.8. The van der Waals surface area contributed by atoms with Crippen LogP contribution in [0.4, 0.5) is 0 Å². The minimum Gasteiger partial charge on any atom is -0.497 e. The van der Waals surface area contributed by atoms with Crippen molar-refractivity contribution in [2.24, 2.45) is 0 Å². The van der Waals surface area contributed by atoms with Gasteiger partial charge in [0.1, 0.15) is 17.2 Å². The summed E-state index contributed by atoms with van der Waals surface area (Å²) in [5.41, 5.74) is 0.751. The van der Waals surface area contributed by atoms with Gasteiger partial charge >= 0.3 is 0 Å². The molecule has 0 aliphatic carbocycles. The van der Waals surface area contributed by atoms with Crippen LogP contribution >= 0.6 is 0 Å². The van der Waals surface area contributed by atoms with Crippen molar-refractivity contribution in [3.8, 4) is 17.2 Å². The van der Waals surface area contributed by atoms with Gasteiger partial charge in [0.05, 0.1) is 20.8 Å². The van der Waals surface area contributed by atoms with Crippen LogP contribution in [-0.4, -0.2) is 27.2 Å². The van der Waals surface area contributed by atoms with Gasteiger partial charge in [-0.05, 0) is 24.3 Å². The molecule has 0 saturated heterocycles. The first-order valence-electron chi connectivity index (χ1n) is 6.76. The summed E-state index contributed by atoms with van der Waals surface area (Å²) < 4.78 is 16.5. The summed E-state index contributed by atoms with van der Waals surface area (Å²) in [6, 6.07) is 14.8. The molecule has 5 heteroatoms. The lowest BCUT2D eigenvalue weighted by atomic mass is 10.1. The molecule has 1 amide bonds. The molecular formula is C17H18NO4. The molecule has 1 radical (unpaired) electrons. The van der Waals surface area contributed by atoms with Crippen molar-refractivity contribution in [3.05, 3.63) is 60.2 Å². The van der Waals surface area contributed by atoms with E-state index in [4.69, 9.17) is 14.2 Å².